The topological polar surface area (TPSA) is 51.2 Å². The Labute approximate surface area is 112 Å². The first-order valence-corrected chi connectivity index (χ1v) is 6.31. The number of methoxy groups -OCH3 is 1. The molecule has 0 saturated carbocycles. The minimum absolute atomic E-state index is 0.0301. The van der Waals surface area contributed by atoms with Crippen LogP contribution in [0.1, 0.15) is 11.3 Å². The minimum Gasteiger partial charge on any atom is -0.383 e. The van der Waals surface area contributed by atoms with Gasteiger partial charge >= 0.3 is 0 Å². The fraction of sp³-hybridized carbons (Fsp3) is 0.333. The molecule has 0 bridgehead atoms. The number of rotatable bonds is 5. The van der Waals surface area contributed by atoms with E-state index in [0.29, 0.717) is 19.6 Å². The van der Waals surface area contributed by atoms with E-state index in [2.05, 4.69) is 10.3 Å². The summed E-state index contributed by atoms with van der Waals surface area (Å²) in [4.78, 5) is 16.3. The molecule has 2 aromatic rings. The molecule has 1 aromatic carbocycles. The molecule has 1 aromatic heterocycles. The van der Waals surface area contributed by atoms with Crippen molar-refractivity contribution in [3.63, 3.8) is 0 Å². The number of benzene rings is 1. The van der Waals surface area contributed by atoms with E-state index in [0.717, 1.165) is 22.2 Å². The molecule has 100 valence electrons. The van der Waals surface area contributed by atoms with Gasteiger partial charge in [-0.3, -0.25) is 9.78 Å². The zero-order chi connectivity index (χ0) is 13.7. The molecule has 0 radical (unpaired) electrons. The molecule has 0 aliphatic carbocycles. The van der Waals surface area contributed by atoms with E-state index in [9.17, 15) is 4.79 Å². The van der Waals surface area contributed by atoms with Gasteiger partial charge in [-0.1, -0.05) is 24.3 Å². The van der Waals surface area contributed by atoms with Crippen molar-refractivity contribution in [3.8, 4) is 0 Å². The number of hydrogen-bond donors (Lipinski definition) is 1. The van der Waals surface area contributed by atoms with E-state index < -0.39 is 0 Å². The lowest BCUT2D eigenvalue weighted by atomic mass is 10.1. The molecule has 1 heterocycles. The first-order valence-electron chi connectivity index (χ1n) is 6.31. The zero-order valence-corrected chi connectivity index (χ0v) is 11.3. The molecule has 0 aliphatic rings. The van der Waals surface area contributed by atoms with Gasteiger partial charge in [-0.2, -0.15) is 0 Å². The lowest BCUT2D eigenvalue weighted by molar-refractivity contribution is -0.120. The van der Waals surface area contributed by atoms with Crippen LogP contribution in [-0.4, -0.2) is 31.2 Å². The maximum absolute atomic E-state index is 11.7. The molecule has 0 unspecified atom stereocenters. The Kier molecular flexibility index (Phi) is 4.47. The maximum atomic E-state index is 11.7. The first-order chi connectivity index (χ1) is 9.20. The summed E-state index contributed by atoms with van der Waals surface area (Å²) in [6, 6.07) is 9.97. The van der Waals surface area contributed by atoms with E-state index in [1.54, 1.807) is 7.11 Å². The van der Waals surface area contributed by atoms with Crippen molar-refractivity contribution in [1.29, 1.82) is 0 Å². The van der Waals surface area contributed by atoms with Crippen LogP contribution in [0.15, 0.2) is 30.3 Å². The Morgan fingerprint density at radius 1 is 1.32 bits per heavy atom. The van der Waals surface area contributed by atoms with Crippen molar-refractivity contribution in [3.05, 3.63) is 41.6 Å². The van der Waals surface area contributed by atoms with Crippen LogP contribution in [0.2, 0.25) is 0 Å². The van der Waals surface area contributed by atoms with Gasteiger partial charge in [-0.05, 0) is 18.6 Å². The number of para-hydroxylation sites is 1. The van der Waals surface area contributed by atoms with Gasteiger partial charge in [0.25, 0.3) is 0 Å². The minimum atomic E-state index is -0.0301. The summed E-state index contributed by atoms with van der Waals surface area (Å²) in [5.41, 5.74) is 2.88. The number of fused-ring (bicyclic) bond motifs is 1. The van der Waals surface area contributed by atoms with Gasteiger partial charge in [-0.15, -0.1) is 0 Å². The number of ether oxygens (including phenoxy) is 1. The summed E-state index contributed by atoms with van der Waals surface area (Å²) in [6.07, 6.45) is 0.300. The molecule has 19 heavy (non-hydrogen) atoms. The van der Waals surface area contributed by atoms with Gasteiger partial charge in [0.1, 0.15) is 0 Å². The molecule has 1 amide bonds. The highest BCUT2D eigenvalue weighted by atomic mass is 16.5. The van der Waals surface area contributed by atoms with E-state index in [1.165, 1.54) is 0 Å². The number of carbonyl (C=O) groups is 1. The van der Waals surface area contributed by atoms with Crippen LogP contribution >= 0.6 is 0 Å². The molecule has 0 spiro atoms. The van der Waals surface area contributed by atoms with Crippen LogP contribution in [0, 0.1) is 6.92 Å². The van der Waals surface area contributed by atoms with Gasteiger partial charge in [0.2, 0.25) is 5.91 Å². The van der Waals surface area contributed by atoms with Crippen molar-refractivity contribution in [2.24, 2.45) is 0 Å². The average molecular weight is 258 g/mol. The lowest BCUT2D eigenvalue weighted by Gasteiger charge is -2.06. The summed E-state index contributed by atoms with van der Waals surface area (Å²) < 4.78 is 4.89. The molecular formula is C15H18N2O2. The largest absolute Gasteiger partial charge is 0.383 e. The number of pyridine rings is 1. The molecule has 0 saturated heterocycles. The van der Waals surface area contributed by atoms with Gasteiger partial charge in [-0.25, -0.2) is 0 Å². The van der Waals surface area contributed by atoms with E-state index in [1.807, 2.05) is 37.3 Å². The lowest BCUT2D eigenvalue weighted by Crippen LogP contribution is -2.28. The number of aryl methyl sites for hydroxylation is 1. The average Bonchev–Trinajstić information content (AvgIpc) is 2.40. The molecule has 1 N–H and O–H groups in total. The second-order valence-corrected chi connectivity index (χ2v) is 4.47. The summed E-state index contributed by atoms with van der Waals surface area (Å²) in [5, 5.41) is 3.89. The molecule has 0 fully saturated rings. The quantitative estimate of drug-likeness (QED) is 0.833. The molecule has 4 nitrogen and oxygen atoms in total. The molecule has 0 atom stereocenters. The molecule has 0 aliphatic heterocycles. The highest BCUT2D eigenvalue weighted by molar-refractivity contribution is 5.83. The Hall–Kier alpha value is -1.94. The van der Waals surface area contributed by atoms with Crippen LogP contribution in [0.25, 0.3) is 10.9 Å². The van der Waals surface area contributed by atoms with Gasteiger partial charge < -0.3 is 10.1 Å². The summed E-state index contributed by atoms with van der Waals surface area (Å²) in [6.45, 7) is 3.08. The third-order valence-corrected chi connectivity index (χ3v) is 2.95. The number of carbonyl (C=O) groups excluding carboxylic acids is 1. The Morgan fingerprint density at radius 2 is 2.16 bits per heavy atom. The molecular weight excluding hydrogens is 240 g/mol. The summed E-state index contributed by atoms with van der Waals surface area (Å²) in [5.74, 6) is -0.0301. The Bertz CT molecular complexity index is 581. The second-order valence-electron chi connectivity index (χ2n) is 4.47. The van der Waals surface area contributed by atoms with Crippen molar-refractivity contribution >= 4 is 16.8 Å². The summed E-state index contributed by atoms with van der Waals surface area (Å²) >= 11 is 0. The Morgan fingerprint density at radius 3 is 2.95 bits per heavy atom. The normalized spacial score (nSPS) is 10.6. The van der Waals surface area contributed by atoms with E-state index in [-0.39, 0.29) is 5.91 Å². The van der Waals surface area contributed by atoms with Crippen molar-refractivity contribution in [2.75, 3.05) is 20.3 Å². The molecule has 4 heteroatoms. The highest BCUT2D eigenvalue weighted by Gasteiger charge is 2.06. The van der Waals surface area contributed by atoms with E-state index in [4.69, 9.17) is 4.74 Å². The van der Waals surface area contributed by atoms with E-state index >= 15 is 0 Å². The van der Waals surface area contributed by atoms with Crippen LogP contribution in [0.3, 0.4) is 0 Å². The number of amides is 1. The number of nitrogens with one attached hydrogen (secondary N) is 1. The highest BCUT2D eigenvalue weighted by Crippen LogP contribution is 2.16. The van der Waals surface area contributed by atoms with Crippen molar-refractivity contribution < 1.29 is 9.53 Å². The predicted octanol–water partition coefficient (Wildman–Crippen LogP) is 1.85. The van der Waals surface area contributed by atoms with Crippen molar-refractivity contribution in [2.45, 2.75) is 13.3 Å². The van der Waals surface area contributed by atoms with Crippen LogP contribution < -0.4 is 5.32 Å². The number of aromatic nitrogens is 1. The maximum Gasteiger partial charge on any atom is 0.226 e. The fourth-order valence-electron chi connectivity index (χ4n) is 1.95. The first kappa shape index (κ1) is 13.5. The smallest absolute Gasteiger partial charge is 0.226 e. The van der Waals surface area contributed by atoms with Gasteiger partial charge in [0, 0.05) is 19.0 Å². The summed E-state index contributed by atoms with van der Waals surface area (Å²) in [7, 11) is 1.61. The zero-order valence-electron chi connectivity index (χ0n) is 11.3. The fourth-order valence-corrected chi connectivity index (χ4v) is 1.95. The van der Waals surface area contributed by atoms with Gasteiger partial charge in [0.15, 0.2) is 0 Å². The van der Waals surface area contributed by atoms with Crippen LogP contribution in [0.5, 0.6) is 0 Å². The third kappa shape index (κ3) is 3.51. The van der Waals surface area contributed by atoms with Crippen LogP contribution in [-0.2, 0) is 16.0 Å². The van der Waals surface area contributed by atoms with Gasteiger partial charge in [0.05, 0.1) is 24.2 Å². The number of nitrogens with zero attached hydrogens (tertiary/aromatic N) is 1. The standard InChI is InChI=1S/C15H18N2O2/c1-11-4-3-5-12-6-7-13(17-15(11)12)10-14(18)16-8-9-19-2/h3-7H,8-10H2,1-2H3,(H,16,18). The van der Waals surface area contributed by atoms with Crippen molar-refractivity contribution in [1.82, 2.24) is 10.3 Å². The number of hydrogen-bond acceptors (Lipinski definition) is 3. The monoisotopic (exact) mass is 258 g/mol. The SMILES string of the molecule is COCCNC(=O)Cc1ccc2cccc(C)c2n1. The Balaban J connectivity index is 2.09. The third-order valence-electron chi connectivity index (χ3n) is 2.95. The predicted molar refractivity (Wildman–Crippen MR) is 75.1 cm³/mol. The van der Waals surface area contributed by atoms with Crippen LogP contribution in [0.4, 0.5) is 0 Å². The molecule has 2 rings (SSSR count). The second kappa shape index (κ2) is 6.29.